The Balaban J connectivity index is 1.17. The van der Waals surface area contributed by atoms with Crippen LogP contribution in [0.15, 0.2) is 89.5 Å². The number of nitrogens with zero attached hydrogens (tertiary/aromatic N) is 3. The van der Waals surface area contributed by atoms with Gasteiger partial charge in [0.15, 0.2) is 11.5 Å². The Morgan fingerprint density at radius 1 is 0.885 bits per heavy atom. The molecule has 1 unspecified atom stereocenters. The summed E-state index contributed by atoms with van der Waals surface area (Å²) in [5.41, 5.74) is 6.93. The van der Waals surface area contributed by atoms with E-state index >= 15 is 0 Å². The van der Waals surface area contributed by atoms with Crippen molar-refractivity contribution in [2.24, 2.45) is 0 Å². The van der Waals surface area contributed by atoms with Gasteiger partial charge in [-0.05, 0) is 94.3 Å². The molecule has 1 atom stereocenters. The van der Waals surface area contributed by atoms with Crippen LogP contribution in [0.25, 0.3) is 0 Å². The van der Waals surface area contributed by atoms with Gasteiger partial charge in [0, 0.05) is 66.7 Å². The lowest BCUT2D eigenvalue weighted by Gasteiger charge is -2.27. The highest BCUT2D eigenvalue weighted by Crippen LogP contribution is 2.48. The highest BCUT2D eigenvalue weighted by molar-refractivity contribution is 7.85. The monoisotopic (exact) mass is 855 g/mol. The van der Waals surface area contributed by atoms with Gasteiger partial charge in [0.25, 0.3) is 21.9 Å². The van der Waals surface area contributed by atoms with Crippen LogP contribution in [-0.4, -0.2) is 77.4 Å². The first-order chi connectivity index (χ1) is 28.8. The molecule has 2 aromatic rings. The van der Waals surface area contributed by atoms with Crippen molar-refractivity contribution in [2.45, 2.75) is 128 Å². The number of aryl methyl sites for hydroxylation is 1. The topological polar surface area (TPSA) is 170 Å². The zero-order chi connectivity index (χ0) is 44.7. The van der Waals surface area contributed by atoms with Crippen molar-refractivity contribution in [3.8, 4) is 0 Å². The number of carbonyl (C=O) groups is 5. The highest BCUT2D eigenvalue weighted by Gasteiger charge is 2.43. The molecule has 0 saturated carbocycles. The fraction of sp³-hybridized carbons (Fsp3) is 0.447. The van der Waals surface area contributed by atoms with Crippen LogP contribution in [0, 0.1) is 0 Å². The molecule has 3 aliphatic heterocycles. The Bertz CT molecular complexity index is 2320. The molecule has 0 bridgehead atoms. The second-order valence-corrected chi connectivity index (χ2v) is 18.3. The normalized spacial score (nSPS) is 18.3. The van der Waals surface area contributed by atoms with Gasteiger partial charge in [0.05, 0.1) is 16.4 Å². The van der Waals surface area contributed by atoms with Crippen LogP contribution in [0.5, 0.6) is 0 Å². The number of fused-ring (bicyclic) bond motifs is 2. The van der Waals surface area contributed by atoms with E-state index in [-0.39, 0.29) is 60.5 Å². The van der Waals surface area contributed by atoms with Crippen LogP contribution >= 0.6 is 0 Å². The van der Waals surface area contributed by atoms with Crippen molar-refractivity contribution in [3.05, 3.63) is 101 Å². The maximum atomic E-state index is 12.8. The fourth-order valence-electron chi connectivity index (χ4n) is 8.28. The second-order valence-electron chi connectivity index (χ2n) is 16.9. The lowest BCUT2D eigenvalue weighted by atomic mass is 9.80. The molecule has 0 spiro atoms. The van der Waals surface area contributed by atoms with Crippen LogP contribution in [0.3, 0.4) is 0 Å². The summed E-state index contributed by atoms with van der Waals surface area (Å²) in [6.07, 6.45) is 17.5. The molecular formula is C47H59N4O9S+. The number of rotatable bonds is 19. The number of amides is 3. The largest absolute Gasteiger partial charge is 0.346 e. The third kappa shape index (κ3) is 10.9. The zero-order valence-corrected chi connectivity index (χ0v) is 37.1. The highest BCUT2D eigenvalue weighted by atomic mass is 32.2. The number of hydrogen-bond donors (Lipinski definition) is 2. The minimum atomic E-state index is -4.42. The van der Waals surface area contributed by atoms with Crippen LogP contribution in [0.4, 0.5) is 11.4 Å². The van der Waals surface area contributed by atoms with Crippen LogP contribution in [-0.2, 0) is 56.2 Å². The van der Waals surface area contributed by atoms with E-state index in [4.69, 9.17) is 4.84 Å². The predicted molar refractivity (Wildman–Crippen MR) is 234 cm³/mol. The summed E-state index contributed by atoms with van der Waals surface area (Å²) in [5.74, 6) is -2.44. The van der Waals surface area contributed by atoms with E-state index in [1.807, 2.05) is 50.3 Å². The Labute approximate surface area is 359 Å². The maximum absolute atomic E-state index is 12.8. The second kappa shape index (κ2) is 19.5. The molecule has 3 heterocycles. The van der Waals surface area contributed by atoms with Crippen molar-refractivity contribution in [1.82, 2.24) is 10.4 Å². The summed E-state index contributed by atoms with van der Waals surface area (Å²) in [6.45, 7) is 12.7. The molecule has 0 aromatic heterocycles. The number of imide groups is 1. The van der Waals surface area contributed by atoms with E-state index < -0.39 is 39.4 Å². The van der Waals surface area contributed by atoms with Crippen molar-refractivity contribution in [3.63, 3.8) is 0 Å². The van der Waals surface area contributed by atoms with Crippen molar-refractivity contribution in [1.29, 1.82) is 0 Å². The summed E-state index contributed by atoms with van der Waals surface area (Å²) in [5, 5.41) is 3.24. The standard InChI is InChI=1S/C47H58N4O9S/c1-8-33-23-25-38-35(30-33)46(3,4)40(49(38)7)19-13-10-9-11-14-20-41-47(5,6)36-31-34(61(57,58)59)24-26-39(36)50(41)29-16-12-15-21-42(53)48-37(32(2)52)18-17-22-45(56)60-51-43(54)27-28-44(51)55/h9-11,13-14,19-20,23-26,30-31,37H,8,12,15-18,21-22,27-29H2,1-7H3,(H-,48,53,57,58,59)/p+1. The number of Topliss-reactive ketones (excluding diaryl/α,β-unsaturated/α-hetero) is 1. The molecule has 14 heteroatoms. The molecule has 2 aromatic carbocycles. The predicted octanol–water partition coefficient (Wildman–Crippen LogP) is 7.26. The number of benzene rings is 2. The first-order valence-corrected chi connectivity index (χ1v) is 22.4. The number of unbranched alkanes of at least 4 members (excludes halogenated alkanes) is 2. The zero-order valence-electron chi connectivity index (χ0n) is 36.3. The fourth-order valence-corrected chi connectivity index (χ4v) is 8.78. The molecule has 1 saturated heterocycles. The van der Waals surface area contributed by atoms with E-state index in [1.165, 1.54) is 41.6 Å². The lowest BCUT2D eigenvalue weighted by Crippen LogP contribution is -2.39. The molecule has 61 heavy (non-hydrogen) atoms. The number of hydrogen-bond acceptors (Lipinski definition) is 9. The van der Waals surface area contributed by atoms with E-state index in [0.29, 0.717) is 30.9 Å². The van der Waals surface area contributed by atoms with Gasteiger partial charge in [0.2, 0.25) is 11.6 Å². The van der Waals surface area contributed by atoms with Crippen LogP contribution in [0.1, 0.15) is 116 Å². The van der Waals surface area contributed by atoms with Gasteiger partial charge in [-0.1, -0.05) is 63.6 Å². The molecule has 326 valence electrons. The van der Waals surface area contributed by atoms with E-state index in [0.717, 1.165) is 23.4 Å². The Kier molecular flexibility index (Phi) is 14.9. The van der Waals surface area contributed by atoms with Gasteiger partial charge in [-0.25, -0.2) is 4.79 Å². The number of allylic oxidation sites excluding steroid dienone is 8. The molecule has 1 fully saturated rings. The smallest absolute Gasteiger partial charge is 0.333 e. The number of carbonyl (C=O) groups excluding carboxylic acids is 5. The molecule has 3 aliphatic rings. The first-order valence-electron chi connectivity index (χ1n) is 21.0. The number of hydroxylamine groups is 2. The van der Waals surface area contributed by atoms with Crippen molar-refractivity contribution in [2.75, 3.05) is 18.5 Å². The minimum absolute atomic E-state index is 0.00396. The van der Waals surface area contributed by atoms with Gasteiger partial charge >= 0.3 is 5.97 Å². The van der Waals surface area contributed by atoms with Crippen LogP contribution in [0.2, 0.25) is 0 Å². The molecular weight excluding hydrogens is 797 g/mol. The summed E-state index contributed by atoms with van der Waals surface area (Å²) in [6, 6.07) is 10.6. The lowest BCUT2D eigenvalue weighted by molar-refractivity contribution is -0.401. The van der Waals surface area contributed by atoms with Gasteiger partial charge in [0.1, 0.15) is 7.05 Å². The van der Waals surface area contributed by atoms with Crippen molar-refractivity contribution >= 4 is 56.7 Å². The third-order valence-electron chi connectivity index (χ3n) is 11.8. The minimum Gasteiger partial charge on any atom is -0.346 e. The maximum Gasteiger partial charge on any atom is 0.333 e. The molecule has 0 aliphatic carbocycles. The molecule has 13 nitrogen and oxygen atoms in total. The molecule has 3 amide bonds. The summed E-state index contributed by atoms with van der Waals surface area (Å²) in [7, 11) is -2.31. The average molecular weight is 856 g/mol. The SMILES string of the molecule is CCc1ccc2c(c1)C(C)(C)C(/C=C/C=C/C=C/C=C1\N(CCCCCC(=O)NC(CCCC(=O)ON3C(=O)CCC3=O)C(C)=O)c3ccc(S(=O)(=O)O)cc3C1(C)C)=[N+]2C. The Morgan fingerprint density at radius 2 is 1.57 bits per heavy atom. The van der Waals surface area contributed by atoms with E-state index in [1.54, 1.807) is 6.07 Å². The van der Waals surface area contributed by atoms with Crippen LogP contribution < -0.4 is 10.2 Å². The number of nitrogens with one attached hydrogen (secondary N) is 1. The quantitative estimate of drug-likeness (QED) is 0.0482. The Hall–Kier alpha value is -5.47. The van der Waals surface area contributed by atoms with E-state index in [9.17, 15) is 36.9 Å². The first kappa shape index (κ1) is 46.6. The van der Waals surface area contributed by atoms with Gasteiger partial charge in [-0.3, -0.25) is 23.7 Å². The molecule has 0 radical (unpaired) electrons. The summed E-state index contributed by atoms with van der Waals surface area (Å²) < 4.78 is 36.3. The summed E-state index contributed by atoms with van der Waals surface area (Å²) in [4.78, 5) is 67.5. The molecule has 5 rings (SSSR count). The Morgan fingerprint density at radius 3 is 2.25 bits per heavy atom. The van der Waals surface area contributed by atoms with Gasteiger partial charge in [-0.15, -0.1) is 5.06 Å². The third-order valence-corrected chi connectivity index (χ3v) is 12.7. The average Bonchev–Trinajstić information content (AvgIpc) is 3.70. The summed E-state index contributed by atoms with van der Waals surface area (Å²) >= 11 is 0. The van der Waals surface area contributed by atoms with E-state index in [2.05, 4.69) is 66.9 Å². The number of anilines is 1. The van der Waals surface area contributed by atoms with Crippen molar-refractivity contribution < 1.29 is 46.4 Å². The molecule has 2 N–H and O–H groups in total. The number of ketones is 1. The van der Waals surface area contributed by atoms with Gasteiger partial charge in [-0.2, -0.15) is 13.0 Å². The van der Waals surface area contributed by atoms with Gasteiger partial charge < -0.3 is 15.1 Å².